The zero-order valence-corrected chi connectivity index (χ0v) is 10.6. The van der Waals surface area contributed by atoms with Crippen molar-refractivity contribution in [3.05, 3.63) is 0 Å². The lowest BCUT2D eigenvalue weighted by Crippen LogP contribution is -2.50. The molecule has 2 fully saturated rings. The summed E-state index contributed by atoms with van der Waals surface area (Å²) in [5.41, 5.74) is 0.345. The van der Waals surface area contributed by atoms with Gasteiger partial charge in [-0.2, -0.15) is 0 Å². The van der Waals surface area contributed by atoms with Crippen molar-refractivity contribution in [3.8, 4) is 0 Å². The van der Waals surface area contributed by atoms with E-state index in [-0.39, 0.29) is 24.4 Å². The van der Waals surface area contributed by atoms with Gasteiger partial charge in [0.2, 0.25) is 5.91 Å². The molecule has 94 valence electrons. The van der Waals surface area contributed by atoms with E-state index in [1.165, 1.54) is 19.3 Å². The van der Waals surface area contributed by atoms with Gasteiger partial charge in [-0.25, -0.2) is 0 Å². The molecule has 1 saturated carbocycles. The fourth-order valence-corrected chi connectivity index (χ4v) is 2.11. The molecule has 0 spiro atoms. The molecule has 2 aliphatic rings. The molecule has 0 aromatic heterocycles. The molecular weight excluding hydrogens is 228 g/mol. The molecule has 1 saturated heterocycles. The normalized spacial score (nSPS) is 27.4. The predicted octanol–water partition coefficient (Wildman–Crippen LogP) is 0.703. The first-order valence-corrected chi connectivity index (χ1v) is 5.80. The molecule has 5 heteroatoms. The van der Waals surface area contributed by atoms with E-state index in [9.17, 15) is 4.79 Å². The van der Waals surface area contributed by atoms with E-state index < -0.39 is 0 Å². The summed E-state index contributed by atoms with van der Waals surface area (Å²) in [6.07, 6.45) is 3.48. The molecule has 1 aliphatic carbocycles. The maximum atomic E-state index is 11.7. The summed E-state index contributed by atoms with van der Waals surface area (Å²) in [4.78, 5) is 11.7. The number of rotatable bonds is 3. The van der Waals surface area contributed by atoms with Crippen molar-refractivity contribution in [2.45, 2.75) is 32.3 Å². The third-order valence-corrected chi connectivity index (χ3v) is 3.47. The van der Waals surface area contributed by atoms with E-state index in [0.29, 0.717) is 18.6 Å². The van der Waals surface area contributed by atoms with Crippen LogP contribution >= 0.6 is 12.4 Å². The van der Waals surface area contributed by atoms with Crippen molar-refractivity contribution in [2.24, 2.45) is 5.41 Å². The molecule has 2 N–H and O–H groups in total. The third kappa shape index (κ3) is 3.34. The van der Waals surface area contributed by atoms with E-state index in [1.807, 2.05) is 0 Å². The van der Waals surface area contributed by atoms with Gasteiger partial charge in [0.1, 0.15) is 6.10 Å². The van der Waals surface area contributed by atoms with E-state index in [0.717, 1.165) is 13.1 Å². The van der Waals surface area contributed by atoms with Crippen LogP contribution in [0.3, 0.4) is 0 Å². The van der Waals surface area contributed by atoms with Crippen LogP contribution in [-0.2, 0) is 9.53 Å². The number of carbonyl (C=O) groups excluding carboxylic acids is 1. The van der Waals surface area contributed by atoms with Gasteiger partial charge in [0.25, 0.3) is 0 Å². The number of amides is 1. The monoisotopic (exact) mass is 248 g/mol. The number of nitrogens with one attached hydrogen (secondary N) is 2. The van der Waals surface area contributed by atoms with Crippen LogP contribution in [-0.4, -0.2) is 38.3 Å². The second-order valence-corrected chi connectivity index (χ2v) is 4.95. The number of hydrogen-bond acceptors (Lipinski definition) is 3. The van der Waals surface area contributed by atoms with E-state index in [2.05, 4.69) is 17.6 Å². The molecule has 4 nitrogen and oxygen atoms in total. The first-order chi connectivity index (χ1) is 7.20. The number of ether oxygens (including phenoxy) is 1. The van der Waals surface area contributed by atoms with Crippen molar-refractivity contribution >= 4 is 18.3 Å². The van der Waals surface area contributed by atoms with E-state index >= 15 is 0 Å². The standard InChI is InChI=1S/C11H20N2O2.ClH/c1-11(3-2-4-11)8-13-10(14)9-7-12-5-6-15-9;/h9,12H,2-8H2,1H3,(H,13,14);1H/t9-;/m0./s1. The molecule has 1 atom stereocenters. The summed E-state index contributed by atoms with van der Waals surface area (Å²) in [5, 5.41) is 6.15. The zero-order chi connectivity index (χ0) is 10.7. The van der Waals surface area contributed by atoms with Gasteiger partial charge in [-0.15, -0.1) is 12.4 Å². The minimum Gasteiger partial charge on any atom is -0.366 e. The van der Waals surface area contributed by atoms with Gasteiger partial charge in [0, 0.05) is 19.6 Å². The van der Waals surface area contributed by atoms with E-state index in [1.54, 1.807) is 0 Å². The molecule has 16 heavy (non-hydrogen) atoms. The van der Waals surface area contributed by atoms with Crippen molar-refractivity contribution < 1.29 is 9.53 Å². The van der Waals surface area contributed by atoms with Gasteiger partial charge < -0.3 is 15.4 Å². The highest BCUT2D eigenvalue weighted by molar-refractivity contribution is 5.85. The first-order valence-electron chi connectivity index (χ1n) is 5.80. The largest absolute Gasteiger partial charge is 0.366 e. The summed E-state index contributed by atoms with van der Waals surface area (Å²) in [6, 6.07) is 0. The number of halogens is 1. The molecule has 0 unspecified atom stereocenters. The van der Waals surface area contributed by atoms with Crippen LogP contribution in [0.5, 0.6) is 0 Å². The van der Waals surface area contributed by atoms with Gasteiger partial charge in [-0.1, -0.05) is 13.3 Å². The van der Waals surface area contributed by atoms with Crippen molar-refractivity contribution in [2.75, 3.05) is 26.2 Å². The number of carbonyl (C=O) groups is 1. The molecule has 2 rings (SSSR count). The maximum absolute atomic E-state index is 11.7. The van der Waals surface area contributed by atoms with Gasteiger partial charge in [-0.3, -0.25) is 4.79 Å². The summed E-state index contributed by atoms with van der Waals surface area (Å²) in [5.74, 6) is 0.0373. The molecule has 1 heterocycles. The molecule has 1 amide bonds. The lowest BCUT2D eigenvalue weighted by Gasteiger charge is -2.38. The Bertz CT molecular complexity index is 238. The van der Waals surface area contributed by atoms with Crippen molar-refractivity contribution in [3.63, 3.8) is 0 Å². The van der Waals surface area contributed by atoms with Gasteiger partial charge >= 0.3 is 0 Å². The lowest BCUT2D eigenvalue weighted by atomic mass is 9.70. The molecule has 0 bridgehead atoms. The van der Waals surface area contributed by atoms with Crippen molar-refractivity contribution in [1.82, 2.24) is 10.6 Å². The van der Waals surface area contributed by atoms with Crippen LogP contribution in [0.2, 0.25) is 0 Å². The van der Waals surface area contributed by atoms with Crippen molar-refractivity contribution in [1.29, 1.82) is 0 Å². The van der Waals surface area contributed by atoms with Gasteiger partial charge in [0.05, 0.1) is 6.61 Å². The molecule has 0 aromatic carbocycles. The summed E-state index contributed by atoms with van der Waals surface area (Å²) in [7, 11) is 0. The predicted molar refractivity (Wildman–Crippen MR) is 64.8 cm³/mol. The topological polar surface area (TPSA) is 50.4 Å². The Morgan fingerprint density at radius 2 is 2.31 bits per heavy atom. The SMILES string of the molecule is CC1(CNC(=O)[C@@H]2CNCCO2)CCC1.Cl. The number of morpholine rings is 1. The number of hydrogen-bond donors (Lipinski definition) is 2. The average molecular weight is 249 g/mol. The average Bonchev–Trinajstić information content (AvgIpc) is 2.24. The second-order valence-electron chi connectivity index (χ2n) is 4.95. The zero-order valence-electron chi connectivity index (χ0n) is 9.75. The highest BCUT2D eigenvalue weighted by atomic mass is 35.5. The fraction of sp³-hybridized carbons (Fsp3) is 0.909. The van der Waals surface area contributed by atoms with Crippen LogP contribution in [0, 0.1) is 5.41 Å². The Balaban J connectivity index is 0.00000128. The Labute approximate surface area is 103 Å². The van der Waals surface area contributed by atoms with Crippen LogP contribution in [0.25, 0.3) is 0 Å². The Kier molecular flexibility index (Phi) is 5.02. The first kappa shape index (κ1) is 13.7. The minimum absolute atomic E-state index is 0. The van der Waals surface area contributed by atoms with Crippen LogP contribution in [0.1, 0.15) is 26.2 Å². The van der Waals surface area contributed by atoms with Crippen LogP contribution in [0.4, 0.5) is 0 Å². The maximum Gasteiger partial charge on any atom is 0.250 e. The molecule has 0 aromatic rings. The summed E-state index contributed by atoms with van der Waals surface area (Å²) < 4.78 is 5.38. The summed E-state index contributed by atoms with van der Waals surface area (Å²) in [6.45, 7) is 5.15. The fourth-order valence-electron chi connectivity index (χ4n) is 2.11. The highest BCUT2D eigenvalue weighted by Crippen LogP contribution is 2.39. The molecule has 0 radical (unpaired) electrons. The smallest absolute Gasteiger partial charge is 0.250 e. The van der Waals surface area contributed by atoms with Crippen LogP contribution < -0.4 is 10.6 Å². The Morgan fingerprint density at radius 3 is 2.81 bits per heavy atom. The van der Waals surface area contributed by atoms with Crippen LogP contribution in [0.15, 0.2) is 0 Å². The Hall–Kier alpha value is -0.320. The molecule has 1 aliphatic heterocycles. The van der Waals surface area contributed by atoms with Gasteiger partial charge in [-0.05, 0) is 18.3 Å². The second kappa shape index (κ2) is 5.84. The van der Waals surface area contributed by atoms with E-state index in [4.69, 9.17) is 4.74 Å². The highest BCUT2D eigenvalue weighted by Gasteiger charge is 2.33. The lowest BCUT2D eigenvalue weighted by molar-refractivity contribution is -0.135. The van der Waals surface area contributed by atoms with Gasteiger partial charge in [0.15, 0.2) is 0 Å². The molecular formula is C11H21ClN2O2. The Morgan fingerprint density at radius 1 is 1.56 bits per heavy atom. The minimum atomic E-state index is -0.289. The quantitative estimate of drug-likeness (QED) is 0.773. The third-order valence-electron chi connectivity index (χ3n) is 3.47. The summed E-state index contributed by atoms with van der Waals surface area (Å²) >= 11 is 0.